The van der Waals surface area contributed by atoms with Gasteiger partial charge in [0.15, 0.2) is 22.6 Å². The van der Waals surface area contributed by atoms with Crippen LogP contribution in [0.3, 0.4) is 0 Å². The molecule has 1 aromatic carbocycles. The van der Waals surface area contributed by atoms with Crippen LogP contribution in [0.15, 0.2) is 53.7 Å². The van der Waals surface area contributed by atoms with E-state index in [1.54, 1.807) is 11.3 Å². The fourth-order valence-corrected chi connectivity index (χ4v) is 3.68. The summed E-state index contributed by atoms with van der Waals surface area (Å²) in [6.45, 7) is 4.76. The lowest BCUT2D eigenvalue weighted by molar-refractivity contribution is 0.802. The number of fused-ring (bicyclic) bond motifs is 2. The smallest absolute Gasteiger partial charge is 0.191 e. The van der Waals surface area contributed by atoms with Crippen molar-refractivity contribution in [2.24, 2.45) is 4.99 Å². The molecule has 0 radical (unpaired) electrons. The average Bonchev–Trinajstić information content (AvgIpc) is 3.33. The lowest BCUT2D eigenvalue weighted by atomic mass is 10.3. The Morgan fingerprint density at radius 3 is 2.79 bits per heavy atom. The largest absolute Gasteiger partial charge is 0.360 e. The second-order valence-electron chi connectivity index (χ2n) is 6.08. The van der Waals surface area contributed by atoms with Gasteiger partial charge in [-0.1, -0.05) is 29.5 Å². The van der Waals surface area contributed by atoms with Crippen molar-refractivity contribution in [1.29, 1.82) is 0 Å². The SMILES string of the molecule is CCNC(=NCc1nnc2ccccn12)NCCNc1nc2ccccc2s1.I. The first-order valence-electron chi connectivity index (χ1n) is 9.24. The number of hydrogen-bond donors (Lipinski definition) is 3. The Morgan fingerprint density at radius 1 is 1.07 bits per heavy atom. The molecule has 3 N–H and O–H groups in total. The quantitative estimate of drug-likeness (QED) is 0.150. The number of benzene rings is 1. The summed E-state index contributed by atoms with van der Waals surface area (Å²) in [5.74, 6) is 1.56. The van der Waals surface area contributed by atoms with Gasteiger partial charge in [-0.25, -0.2) is 9.98 Å². The van der Waals surface area contributed by atoms with E-state index in [1.165, 1.54) is 4.70 Å². The van der Waals surface area contributed by atoms with Crippen molar-refractivity contribution < 1.29 is 0 Å². The first-order chi connectivity index (χ1) is 13.8. The summed E-state index contributed by atoms with van der Waals surface area (Å²) >= 11 is 1.66. The number of thiazole rings is 1. The van der Waals surface area contributed by atoms with E-state index in [1.807, 2.05) is 53.9 Å². The molecule has 8 nitrogen and oxygen atoms in total. The van der Waals surface area contributed by atoms with Crippen LogP contribution in [-0.4, -0.2) is 45.2 Å². The van der Waals surface area contributed by atoms with E-state index in [9.17, 15) is 0 Å². The number of rotatable bonds is 7. The van der Waals surface area contributed by atoms with Gasteiger partial charge in [0.25, 0.3) is 0 Å². The third-order valence-electron chi connectivity index (χ3n) is 4.09. The van der Waals surface area contributed by atoms with E-state index in [0.717, 1.165) is 47.7 Å². The van der Waals surface area contributed by atoms with E-state index < -0.39 is 0 Å². The van der Waals surface area contributed by atoms with E-state index in [4.69, 9.17) is 0 Å². The van der Waals surface area contributed by atoms with Crippen LogP contribution in [0.2, 0.25) is 0 Å². The van der Waals surface area contributed by atoms with Gasteiger partial charge in [0.05, 0.1) is 10.2 Å². The Hall–Kier alpha value is -2.47. The predicted molar refractivity (Wildman–Crippen MR) is 129 cm³/mol. The number of nitrogens with one attached hydrogen (secondary N) is 3. The maximum atomic E-state index is 4.62. The summed E-state index contributed by atoms with van der Waals surface area (Å²) in [5, 5.41) is 19.2. The van der Waals surface area contributed by atoms with Crippen LogP contribution in [0.1, 0.15) is 12.7 Å². The van der Waals surface area contributed by atoms with Crippen LogP contribution in [0.4, 0.5) is 5.13 Å². The molecule has 0 saturated heterocycles. The van der Waals surface area contributed by atoms with Gasteiger partial charge < -0.3 is 16.0 Å². The minimum Gasteiger partial charge on any atom is -0.360 e. The third-order valence-corrected chi connectivity index (χ3v) is 5.09. The molecule has 0 aliphatic rings. The third kappa shape index (κ3) is 5.32. The first-order valence-corrected chi connectivity index (χ1v) is 10.1. The van der Waals surface area contributed by atoms with Crippen molar-refractivity contribution in [3.8, 4) is 0 Å². The highest BCUT2D eigenvalue weighted by atomic mass is 127. The van der Waals surface area contributed by atoms with Crippen molar-refractivity contribution >= 4 is 62.3 Å². The predicted octanol–water partition coefficient (Wildman–Crippen LogP) is 3.12. The van der Waals surface area contributed by atoms with E-state index >= 15 is 0 Å². The zero-order chi connectivity index (χ0) is 19.2. The molecule has 3 aromatic heterocycles. The molecule has 4 aromatic rings. The molecular weight excluding hydrogens is 499 g/mol. The maximum Gasteiger partial charge on any atom is 0.191 e. The molecule has 3 heterocycles. The van der Waals surface area contributed by atoms with Crippen LogP contribution >= 0.6 is 35.3 Å². The lowest BCUT2D eigenvalue weighted by Crippen LogP contribution is -2.39. The van der Waals surface area contributed by atoms with Crippen molar-refractivity contribution in [2.45, 2.75) is 13.5 Å². The number of halogens is 1. The summed E-state index contributed by atoms with van der Waals surface area (Å²) in [4.78, 5) is 9.20. The molecule has 0 aliphatic heterocycles. The molecule has 0 bridgehead atoms. The summed E-state index contributed by atoms with van der Waals surface area (Å²) in [6, 6.07) is 14.0. The summed E-state index contributed by atoms with van der Waals surface area (Å²) in [7, 11) is 0. The number of aromatic nitrogens is 4. The number of aliphatic imine (C=N–C) groups is 1. The summed E-state index contributed by atoms with van der Waals surface area (Å²) < 4.78 is 3.13. The van der Waals surface area contributed by atoms with Gasteiger partial charge in [-0.15, -0.1) is 34.2 Å². The highest BCUT2D eigenvalue weighted by Gasteiger charge is 2.05. The zero-order valence-electron chi connectivity index (χ0n) is 16.0. The Labute approximate surface area is 189 Å². The Morgan fingerprint density at radius 2 is 1.93 bits per heavy atom. The second-order valence-corrected chi connectivity index (χ2v) is 7.11. The Bertz CT molecular complexity index is 1060. The Kier molecular flexibility index (Phi) is 7.58. The molecule has 0 spiro atoms. The van der Waals surface area contributed by atoms with Crippen molar-refractivity contribution in [3.05, 3.63) is 54.5 Å². The van der Waals surface area contributed by atoms with Gasteiger partial charge in [-0.3, -0.25) is 4.40 Å². The normalized spacial score (nSPS) is 11.4. The van der Waals surface area contributed by atoms with E-state index in [-0.39, 0.29) is 24.0 Å². The van der Waals surface area contributed by atoms with Crippen LogP contribution in [-0.2, 0) is 6.54 Å². The fraction of sp³-hybridized carbons (Fsp3) is 0.263. The van der Waals surface area contributed by atoms with Gasteiger partial charge in [-0.2, -0.15) is 0 Å². The summed E-state index contributed by atoms with van der Waals surface area (Å²) in [6.07, 6.45) is 1.95. The first kappa shape index (κ1) is 21.2. The van der Waals surface area contributed by atoms with Gasteiger partial charge in [0.1, 0.15) is 6.54 Å². The molecule has 152 valence electrons. The average molecular weight is 522 g/mol. The Balaban J connectivity index is 0.00000240. The number of guanidine groups is 1. The highest BCUT2D eigenvalue weighted by Crippen LogP contribution is 2.24. The number of pyridine rings is 1. The van der Waals surface area contributed by atoms with Crippen molar-refractivity contribution in [2.75, 3.05) is 25.0 Å². The fourth-order valence-electron chi connectivity index (χ4n) is 2.79. The van der Waals surface area contributed by atoms with Gasteiger partial charge in [0.2, 0.25) is 0 Å². The van der Waals surface area contributed by atoms with Gasteiger partial charge in [0, 0.05) is 25.8 Å². The molecule has 29 heavy (non-hydrogen) atoms. The van der Waals surface area contributed by atoms with E-state index in [2.05, 4.69) is 42.2 Å². The van der Waals surface area contributed by atoms with Crippen molar-refractivity contribution in [3.63, 3.8) is 0 Å². The minimum absolute atomic E-state index is 0. The molecule has 0 amide bonds. The molecule has 0 saturated carbocycles. The van der Waals surface area contributed by atoms with E-state index in [0.29, 0.717) is 6.54 Å². The number of nitrogens with zero attached hydrogens (tertiary/aromatic N) is 5. The number of hydrogen-bond acceptors (Lipinski definition) is 6. The van der Waals surface area contributed by atoms with Crippen LogP contribution in [0, 0.1) is 0 Å². The van der Waals surface area contributed by atoms with Gasteiger partial charge >= 0.3 is 0 Å². The molecular formula is C19H23IN8S. The standard InChI is InChI=1S/C19H22N8S.HI/c1-2-20-18(23-13-17-26-25-16-9-5-6-12-27(16)17)21-10-11-22-19-24-14-7-3-4-8-15(14)28-19;/h3-9,12H,2,10-11,13H2,1H3,(H,22,24)(H2,20,21,23);1H. The second kappa shape index (κ2) is 10.3. The molecule has 10 heteroatoms. The summed E-state index contributed by atoms with van der Waals surface area (Å²) in [5.41, 5.74) is 1.85. The van der Waals surface area contributed by atoms with Crippen LogP contribution < -0.4 is 16.0 Å². The van der Waals surface area contributed by atoms with Crippen LogP contribution in [0.25, 0.3) is 15.9 Å². The molecule has 4 rings (SSSR count). The number of para-hydroxylation sites is 1. The minimum atomic E-state index is 0. The zero-order valence-corrected chi connectivity index (χ0v) is 19.1. The van der Waals surface area contributed by atoms with Crippen molar-refractivity contribution in [1.82, 2.24) is 30.2 Å². The molecule has 0 fully saturated rings. The molecule has 0 unspecified atom stereocenters. The maximum absolute atomic E-state index is 4.62. The molecule has 0 aliphatic carbocycles. The monoisotopic (exact) mass is 522 g/mol. The van der Waals surface area contributed by atoms with Gasteiger partial charge in [-0.05, 0) is 31.2 Å². The number of anilines is 1. The lowest BCUT2D eigenvalue weighted by Gasteiger charge is -2.11. The highest BCUT2D eigenvalue weighted by molar-refractivity contribution is 14.0. The van der Waals surface area contributed by atoms with Crippen LogP contribution in [0.5, 0.6) is 0 Å². The molecule has 0 atom stereocenters. The topological polar surface area (TPSA) is 91.5 Å².